The number of carbonyl (C=O) groups is 1. The Kier molecular flexibility index (Phi) is 4.09. The van der Waals surface area contributed by atoms with Crippen molar-refractivity contribution in [3.63, 3.8) is 0 Å². The number of aromatic nitrogens is 1. The molecule has 2 rings (SSSR count). The predicted molar refractivity (Wildman–Crippen MR) is 78.5 cm³/mol. The Morgan fingerprint density at radius 2 is 2.15 bits per heavy atom. The summed E-state index contributed by atoms with van der Waals surface area (Å²) < 4.78 is 5.67. The van der Waals surface area contributed by atoms with E-state index in [-0.39, 0.29) is 17.0 Å². The van der Waals surface area contributed by atoms with Crippen LogP contribution < -0.4 is 4.74 Å². The van der Waals surface area contributed by atoms with Crippen molar-refractivity contribution in [1.82, 2.24) is 4.98 Å². The number of benzene rings is 1. The molecule has 0 fully saturated rings. The predicted octanol–water partition coefficient (Wildman–Crippen LogP) is 3.72. The van der Waals surface area contributed by atoms with Gasteiger partial charge in [-0.1, -0.05) is 32.9 Å². The first-order valence-corrected chi connectivity index (χ1v) is 7.15. The zero-order valence-electron chi connectivity index (χ0n) is 11.7. The molecule has 0 atom stereocenters. The van der Waals surface area contributed by atoms with Gasteiger partial charge in [-0.05, 0) is 23.1 Å². The molecule has 1 N–H and O–H groups in total. The molecule has 106 valence electrons. The van der Waals surface area contributed by atoms with E-state index >= 15 is 0 Å². The highest BCUT2D eigenvalue weighted by Gasteiger charge is 2.14. The van der Waals surface area contributed by atoms with Gasteiger partial charge in [-0.25, -0.2) is 9.78 Å². The lowest BCUT2D eigenvalue weighted by Crippen LogP contribution is -2.11. The van der Waals surface area contributed by atoms with Gasteiger partial charge in [0.15, 0.2) is 0 Å². The topological polar surface area (TPSA) is 59.4 Å². The van der Waals surface area contributed by atoms with Crippen molar-refractivity contribution in [3.05, 3.63) is 45.9 Å². The molecule has 0 aliphatic carbocycles. The van der Waals surface area contributed by atoms with Crippen molar-refractivity contribution in [2.75, 3.05) is 0 Å². The average molecular weight is 291 g/mol. The first kappa shape index (κ1) is 14.5. The van der Waals surface area contributed by atoms with Crippen LogP contribution in [-0.4, -0.2) is 16.1 Å². The smallest absolute Gasteiger partial charge is 0.365 e. The van der Waals surface area contributed by atoms with Gasteiger partial charge in [-0.15, -0.1) is 11.3 Å². The molecule has 1 heterocycles. The molecule has 0 aliphatic heterocycles. The fourth-order valence-corrected chi connectivity index (χ4v) is 2.32. The molecule has 2 aromatic rings. The second kappa shape index (κ2) is 5.63. The van der Waals surface area contributed by atoms with Crippen LogP contribution >= 0.6 is 11.3 Å². The molecule has 0 unspecified atom stereocenters. The van der Waals surface area contributed by atoms with Crippen LogP contribution in [0.5, 0.6) is 5.75 Å². The van der Waals surface area contributed by atoms with Crippen molar-refractivity contribution >= 4 is 17.3 Å². The van der Waals surface area contributed by atoms with Crippen LogP contribution in [0.15, 0.2) is 29.6 Å². The lowest BCUT2D eigenvalue weighted by Gasteiger charge is -2.19. The van der Waals surface area contributed by atoms with Crippen LogP contribution in [0.1, 0.15) is 41.8 Å². The highest BCUT2D eigenvalue weighted by molar-refractivity contribution is 7.11. The lowest BCUT2D eigenvalue weighted by molar-refractivity contribution is 0.0696. The first-order valence-electron chi connectivity index (χ1n) is 6.27. The molecule has 1 aromatic heterocycles. The zero-order chi connectivity index (χ0) is 14.8. The molecule has 0 amide bonds. The second-order valence-electron chi connectivity index (χ2n) is 5.52. The molecule has 20 heavy (non-hydrogen) atoms. The van der Waals surface area contributed by atoms with Crippen molar-refractivity contribution in [2.45, 2.75) is 32.8 Å². The third-order valence-electron chi connectivity index (χ3n) is 2.82. The Hall–Kier alpha value is -1.88. The van der Waals surface area contributed by atoms with Gasteiger partial charge < -0.3 is 9.84 Å². The van der Waals surface area contributed by atoms with Gasteiger partial charge in [0, 0.05) is 5.38 Å². The number of nitrogens with zero attached hydrogens (tertiary/aromatic N) is 1. The average Bonchev–Trinajstić information content (AvgIpc) is 2.85. The van der Waals surface area contributed by atoms with E-state index in [4.69, 9.17) is 9.84 Å². The highest BCUT2D eigenvalue weighted by Crippen LogP contribution is 2.26. The van der Waals surface area contributed by atoms with Gasteiger partial charge in [0.1, 0.15) is 12.4 Å². The van der Waals surface area contributed by atoms with E-state index < -0.39 is 5.97 Å². The number of carboxylic acid groups (broad SMARTS) is 1. The maximum atomic E-state index is 10.8. The summed E-state index contributed by atoms with van der Waals surface area (Å²) in [5.41, 5.74) is 1.89. The minimum atomic E-state index is -1.00. The van der Waals surface area contributed by atoms with E-state index in [0.717, 1.165) is 17.1 Å². The van der Waals surface area contributed by atoms with Crippen molar-refractivity contribution in [1.29, 1.82) is 0 Å². The number of ether oxygens (including phenoxy) is 1. The molecular formula is C15H17NO3S. The van der Waals surface area contributed by atoms with Crippen molar-refractivity contribution < 1.29 is 14.6 Å². The summed E-state index contributed by atoms with van der Waals surface area (Å²) in [7, 11) is 0. The summed E-state index contributed by atoms with van der Waals surface area (Å²) in [4.78, 5) is 14.7. The largest absolute Gasteiger partial charge is 0.487 e. The minimum Gasteiger partial charge on any atom is -0.487 e. The van der Waals surface area contributed by atoms with E-state index in [9.17, 15) is 4.79 Å². The Bertz CT molecular complexity index is 614. The number of thiazole rings is 1. The van der Waals surface area contributed by atoms with Gasteiger partial charge >= 0.3 is 5.97 Å². The summed E-state index contributed by atoms with van der Waals surface area (Å²) >= 11 is 1.11. The van der Waals surface area contributed by atoms with E-state index in [2.05, 4.69) is 31.8 Å². The third kappa shape index (κ3) is 3.57. The fourth-order valence-electron chi connectivity index (χ4n) is 1.68. The van der Waals surface area contributed by atoms with Crippen LogP contribution in [0.25, 0.3) is 0 Å². The van der Waals surface area contributed by atoms with E-state index in [1.807, 2.05) is 18.2 Å². The molecule has 5 heteroatoms. The van der Waals surface area contributed by atoms with Crippen molar-refractivity contribution in [2.24, 2.45) is 0 Å². The van der Waals surface area contributed by atoms with Gasteiger partial charge in [0.2, 0.25) is 5.01 Å². The Labute approximate surface area is 122 Å². The first-order chi connectivity index (χ1) is 9.36. The second-order valence-corrected chi connectivity index (χ2v) is 6.37. The summed E-state index contributed by atoms with van der Waals surface area (Å²) in [6.07, 6.45) is 0. The summed E-state index contributed by atoms with van der Waals surface area (Å²) in [6, 6.07) is 7.92. The van der Waals surface area contributed by atoms with Crippen LogP contribution in [0.2, 0.25) is 0 Å². The van der Waals surface area contributed by atoms with Gasteiger partial charge in [0.25, 0.3) is 0 Å². The van der Waals surface area contributed by atoms with Crippen LogP contribution in [0.4, 0.5) is 0 Å². The van der Waals surface area contributed by atoms with E-state index in [1.54, 1.807) is 5.38 Å². The number of hydrogen-bond donors (Lipinski definition) is 1. The minimum absolute atomic E-state index is 0.0660. The Morgan fingerprint density at radius 1 is 1.40 bits per heavy atom. The molecule has 0 aliphatic rings. The summed E-state index contributed by atoms with van der Waals surface area (Å²) in [5, 5.41) is 10.6. The number of carboxylic acids is 1. The standard InChI is InChI=1S/C15H17NO3S/c1-15(2,3)10-5-4-6-12(7-10)19-8-11-9-20-13(16-11)14(17)18/h4-7,9H,8H2,1-3H3,(H,17,18). The fraction of sp³-hybridized carbons (Fsp3) is 0.333. The maximum Gasteiger partial charge on any atom is 0.365 e. The molecule has 1 aromatic carbocycles. The van der Waals surface area contributed by atoms with E-state index in [0.29, 0.717) is 5.69 Å². The van der Waals surface area contributed by atoms with Gasteiger partial charge in [-0.2, -0.15) is 0 Å². The molecule has 4 nitrogen and oxygen atoms in total. The lowest BCUT2D eigenvalue weighted by atomic mass is 9.87. The highest BCUT2D eigenvalue weighted by atomic mass is 32.1. The van der Waals surface area contributed by atoms with Crippen LogP contribution in [-0.2, 0) is 12.0 Å². The van der Waals surface area contributed by atoms with Crippen molar-refractivity contribution in [3.8, 4) is 5.75 Å². The Morgan fingerprint density at radius 3 is 2.75 bits per heavy atom. The SMILES string of the molecule is CC(C)(C)c1cccc(OCc2csc(C(=O)O)n2)c1. The molecule has 0 saturated heterocycles. The van der Waals surface area contributed by atoms with Crippen LogP contribution in [0.3, 0.4) is 0 Å². The molecule has 0 radical (unpaired) electrons. The molecule has 0 saturated carbocycles. The number of aromatic carboxylic acids is 1. The van der Waals surface area contributed by atoms with Gasteiger partial charge in [-0.3, -0.25) is 0 Å². The zero-order valence-corrected chi connectivity index (χ0v) is 12.5. The normalized spacial score (nSPS) is 11.3. The van der Waals surface area contributed by atoms with E-state index in [1.165, 1.54) is 5.56 Å². The molecule has 0 spiro atoms. The maximum absolute atomic E-state index is 10.8. The summed E-state index contributed by atoms with van der Waals surface area (Å²) in [6.45, 7) is 6.71. The third-order valence-corrected chi connectivity index (χ3v) is 3.70. The monoisotopic (exact) mass is 291 g/mol. The molecular weight excluding hydrogens is 274 g/mol. The van der Waals surface area contributed by atoms with Gasteiger partial charge in [0.05, 0.1) is 5.69 Å². The Balaban J connectivity index is 2.05. The number of hydrogen-bond acceptors (Lipinski definition) is 4. The summed E-state index contributed by atoms with van der Waals surface area (Å²) in [5.74, 6) is -0.238. The van der Waals surface area contributed by atoms with Crippen LogP contribution in [0, 0.1) is 0 Å². The molecule has 0 bridgehead atoms. The number of rotatable bonds is 4. The quantitative estimate of drug-likeness (QED) is 0.932.